The molecule has 0 aromatic rings. The summed E-state index contributed by atoms with van der Waals surface area (Å²) in [4.78, 5) is 0. The Balaban J connectivity index is 1.97. The van der Waals surface area contributed by atoms with Crippen LogP contribution in [0, 0.1) is 5.92 Å². The zero-order valence-electron chi connectivity index (χ0n) is 7.42. The van der Waals surface area contributed by atoms with Crippen LogP contribution in [0.2, 0.25) is 0 Å². The molecule has 1 spiro atoms. The maximum atomic E-state index is 5.64. The zero-order valence-corrected chi connectivity index (χ0v) is 7.42. The van der Waals surface area contributed by atoms with E-state index >= 15 is 0 Å². The van der Waals surface area contributed by atoms with Gasteiger partial charge in [0.2, 0.25) is 0 Å². The van der Waals surface area contributed by atoms with Gasteiger partial charge in [-0.05, 0) is 25.3 Å². The van der Waals surface area contributed by atoms with Crippen LogP contribution in [0.25, 0.3) is 0 Å². The van der Waals surface area contributed by atoms with Crippen molar-refractivity contribution in [3.63, 3.8) is 0 Å². The zero-order chi connectivity index (χ0) is 8.44. The summed E-state index contributed by atoms with van der Waals surface area (Å²) < 4.78 is 11.3. The lowest BCUT2D eigenvalue weighted by Crippen LogP contribution is -2.38. The minimum Gasteiger partial charge on any atom is -0.348 e. The van der Waals surface area contributed by atoms with Gasteiger partial charge in [-0.3, -0.25) is 0 Å². The highest BCUT2D eigenvalue weighted by atomic mass is 16.7. The summed E-state index contributed by atoms with van der Waals surface area (Å²) >= 11 is 0. The van der Waals surface area contributed by atoms with Crippen LogP contribution in [0.15, 0.2) is 0 Å². The van der Waals surface area contributed by atoms with Crippen LogP contribution in [-0.2, 0) is 9.47 Å². The summed E-state index contributed by atoms with van der Waals surface area (Å²) in [6, 6.07) is 0. The van der Waals surface area contributed by atoms with Gasteiger partial charge in [0.05, 0.1) is 13.2 Å². The van der Waals surface area contributed by atoms with Crippen molar-refractivity contribution in [3.8, 4) is 0 Å². The molecule has 2 fully saturated rings. The lowest BCUT2D eigenvalue weighted by Gasteiger charge is -2.35. The average molecular weight is 171 g/mol. The fraction of sp³-hybridized carbons (Fsp3) is 1.00. The Hall–Kier alpha value is -0.120. The Kier molecular flexibility index (Phi) is 2.35. The van der Waals surface area contributed by atoms with E-state index in [-0.39, 0.29) is 5.79 Å². The molecule has 0 aromatic carbocycles. The molecule has 0 aromatic heterocycles. The van der Waals surface area contributed by atoms with Crippen LogP contribution in [0.1, 0.15) is 25.7 Å². The highest BCUT2D eigenvalue weighted by Crippen LogP contribution is 2.38. The van der Waals surface area contributed by atoms with Crippen molar-refractivity contribution < 1.29 is 9.47 Å². The molecular formula is C9H17NO2. The summed E-state index contributed by atoms with van der Waals surface area (Å²) in [5.74, 6) is 0.374. The second-order valence-corrected chi connectivity index (χ2v) is 3.81. The molecule has 1 saturated carbocycles. The molecule has 0 amide bonds. The van der Waals surface area contributed by atoms with Gasteiger partial charge in [0.15, 0.2) is 5.79 Å². The van der Waals surface area contributed by atoms with Crippen molar-refractivity contribution in [2.45, 2.75) is 31.5 Å². The molecule has 3 nitrogen and oxygen atoms in total. The second kappa shape index (κ2) is 3.32. The van der Waals surface area contributed by atoms with Gasteiger partial charge >= 0.3 is 0 Å². The quantitative estimate of drug-likeness (QED) is 0.637. The smallest absolute Gasteiger partial charge is 0.168 e. The number of hydrogen-bond donors (Lipinski definition) is 1. The third kappa shape index (κ3) is 1.49. The van der Waals surface area contributed by atoms with Crippen LogP contribution in [-0.4, -0.2) is 25.5 Å². The third-order valence-electron chi connectivity index (χ3n) is 2.92. The maximum Gasteiger partial charge on any atom is 0.168 e. The molecule has 2 N–H and O–H groups in total. The Morgan fingerprint density at radius 3 is 2.75 bits per heavy atom. The lowest BCUT2D eigenvalue weighted by molar-refractivity contribution is -0.186. The van der Waals surface area contributed by atoms with E-state index in [1.165, 1.54) is 12.8 Å². The van der Waals surface area contributed by atoms with Crippen molar-refractivity contribution in [1.29, 1.82) is 0 Å². The van der Waals surface area contributed by atoms with Gasteiger partial charge in [-0.25, -0.2) is 0 Å². The van der Waals surface area contributed by atoms with Gasteiger partial charge in [-0.2, -0.15) is 0 Å². The Morgan fingerprint density at radius 2 is 2.08 bits per heavy atom. The van der Waals surface area contributed by atoms with Gasteiger partial charge in [-0.15, -0.1) is 0 Å². The molecule has 1 aliphatic heterocycles. The molecule has 1 aliphatic carbocycles. The first-order chi connectivity index (χ1) is 5.85. The molecule has 70 valence electrons. The first-order valence-electron chi connectivity index (χ1n) is 4.83. The summed E-state index contributed by atoms with van der Waals surface area (Å²) in [5.41, 5.74) is 5.64. The maximum absolute atomic E-state index is 5.64. The third-order valence-corrected chi connectivity index (χ3v) is 2.92. The molecule has 0 unspecified atom stereocenters. The SMILES string of the molecule is NC[C@@H]1CCCC2(C1)OCCO2. The Labute approximate surface area is 73.2 Å². The van der Waals surface area contributed by atoms with E-state index in [2.05, 4.69) is 0 Å². The second-order valence-electron chi connectivity index (χ2n) is 3.81. The van der Waals surface area contributed by atoms with Gasteiger partial charge in [-0.1, -0.05) is 0 Å². The van der Waals surface area contributed by atoms with Crippen LogP contribution >= 0.6 is 0 Å². The van der Waals surface area contributed by atoms with E-state index in [9.17, 15) is 0 Å². The molecule has 12 heavy (non-hydrogen) atoms. The summed E-state index contributed by atoms with van der Waals surface area (Å²) in [6.45, 7) is 2.29. The van der Waals surface area contributed by atoms with Gasteiger partial charge < -0.3 is 15.2 Å². The summed E-state index contributed by atoms with van der Waals surface area (Å²) in [7, 11) is 0. The normalized spacial score (nSPS) is 34.2. The largest absolute Gasteiger partial charge is 0.348 e. The van der Waals surface area contributed by atoms with Crippen LogP contribution in [0.3, 0.4) is 0 Å². The first kappa shape index (κ1) is 8.48. The van der Waals surface area contributed by atoms with Crippen LogP contribution < -0.4 is 5.73 Å². The molecule has 1 saturated heterocycles. The predicted molar refractivity (Wildman–Crippen MR) is 45.6 cm³/mol. The first-order valence-corrected chi connectivity index (χ1v) is 4.83. The number of rotatable bonds is 1. The van der Waals surface area contributed by atoms with E-state index in [1.807, 2.05) is 0 Å². The summed E-state index contributed by atoms with van der Waals surface area (Å²) in [6.07, 6.45) is 4.50. The standard InChI is InChI=1S/C9H17NO2/c10-7-8-2-1-3-9(6-8)11-4-5-12-9/h8H,1-7,10H2/t8-/m1/s1. The minimum absolute atomic E-state index is 0.234. The molecule has 2 aliphatic rings. The number of ether oxygens (including phenoxy) is 2. The van der Waals surface area contributed by atoms with Crippen molar-refractivity contribution in [3.05, 3.63) is 0 Å². The molecule has 1 heterocycles. The molecule has 1 atom stereocenters. The highest BCUT2D eigenvalue weighted by molar-refractivity contribution is 4.83. The van der Waals surface area contributed by atoms with E-state index < -0.39 is 0 Å². The molecular weight excluding hydrogens is 154 g/mol. The minimum atomic E-state index is -0.234. The van der Waals surface area contributed by atoms with Crippen LogP contribution in [0.5, 0.6) is 0 Å². The molecule has 2 rings (SSSR count). The Morgan fingerprint density at radius 1 is 1.33 bits per heavy atom. The van der Waals surface area contributed by atoms with Crippen LogP contribution in [0.4, 0.5) is 0 Å². The molecule has 0 radical (unpaired) electrons. The predicted octanol–water partition coefficient (Wildman–Crippen LogP) is 0.878. The van der Waals surface area contributed by atoms with E-state index in [0.29, 0.717) is 5.92 Å². The monoisotopic (exact) mass is 171 g/mol. The van der Waals surface area contributed by atoms with E-state index in [0.717, 1.165) is 32.6 Å². The highest BCUT2D eigenvalue weighted by Gasteiger charge is 2.40. The van der Waals surface area contributed by atoms with E-state index in [4.69, 9.17) is 15.2 Å². The van der Waals surface area contributed by atoms with Crippen molar-refractivity contribution in [1.82, 2.24) is 0 Å². The fourth-order valence-electron chi connectivity index (χ4n) is 2.26. The van der Waals surface area contributed by atoms with Gasteiger partial charge in [0.25, 0.3) is 0 Å². The lowest BCUT2D eigenvalue weighted by atomic mass is 9.85. The van der Waals surface area contributed by atoms with Crippen molar-refractivity contribution in [2.75, 3.05) is 19.8 Å². The Bertz CT molecular complexity index is 155. The van der Waals surface area contributed by atoms with Crippen molar-refractivity contribution >= 4 is 0 Å². The molecule has 3 heteroatoms. The summed E-state index contributed by atoms with van der Waals surface area (Å²) in [5, 5.41) is 0. The number of nitrogens with two attached hydrogens (primary N) is 1. The number of hydrogen-bond acceptors (Lipinski definition) is 3. The van der Waals surface area contributed by atoms with Crippen molar-refractivity contribution in [2.24, 2.45) is 11.7 Å². The molecule has 0 bridgehead atoms. The topological polar surface area (TPSA) is 44.5 Å². The van der Waals surface area contributed by atoms with E-state index in [1.54, 1.807) is 0 Å². The average Bonchev–Trinajstić information content (AvgIpc) is 2.53. The fourth-order valence-corrected chi connectivity index (χ4v) is 2.26. The van der Waals surface area contributed by atoms with Gasteiger partial charge in [0.1, 0.15) is 0 Å². The van der Waals surface area contributed by atoms with Gasteiger partial charge in [0, 0.05) is 12.8 Å².